The van der Waals surface area contributed by atoms with Crippen LogP contribution in [0.3, 0.4) is 0 Å². The fraction of sp³-hybridized carbons (Fsp3) is 0.467. The molecule has 0 aliphatic carbocycles. The van der Waals surface area contributed by atoms with Gasteiger partial charge in [0, 0.05) is 30.3 Å². The quantitative estimate of drug-likeness (QED) is 0.792. The van der Waals surface area contributed by atoms with Crippen LogP contribution in [0.4, 0.5) is 0 Å². The van der Waals surface area contributed by atoms with Gasteiger partial charge in [-0.3, -0.25) is 4.79 Å². The summed E-state index contributed by atoms with van der Waals surface area (Å²) in [5, 5.41) is 0. The highest BCUT2D eigenvalue weighted by Crippen LogP contribution is 2.28. The number of aldehydes is 1. The Morgan fingerprint density at radius 3 is 2.95 bits per heavy atom. The Morgan fingerprint density at radius 2 is 2.26 bits per heavy atom. The third kappa shape index (κ3) is 2.16. The van der Waals surface area contributed by atoms with E-state index in [0.29, 0.717) is 17.5 Å². The van der Waals surface area contributed by atoms with Crippen molar-refractivity contribution < 1.29 is 4.79 Å². The molecule has 1 aliphatic rings. The molecule has 100 valence electrons. The second-order valence-electron chi connectivity index (χ2n) is 5.57. The fourth-order valence-corrected chi connectivity index (χ4v) is 2.87. The standard InChI is InChI=1S/C15H19N3O/c1-11(2)17-6-5-13(9-17)15-16-7-14-4-3-12(10-19)8-18(14)15/h3-4,7-8,10-11,13H,5-6,9H2,1-2H3. The van der Waals surface area contributed by atoms with Crippen molar-refractivity contribution in [3.05, 3.63) is 35.9 Å². The van der Waals surface area contributed by atoms with E-state index in [-0.39, 0.29) is 0 Å². The molecule has 3 rings (SSSR count). The first-order valence-corrected chi connectivity index (χ1v) is 6.85. The Kier molecular flexibility index (Phi) is 3.11. The lowest BCUT2D eigenvalue weighted by Gasteiger charge is -2.19. The number of hydrogen-bond donors (Lipinski definition) is 0. The lowest BCUT2D eigenvalue weighted by atomic mass is 10.1. The molecule has 1 atom stereocenters. The van der Waals surface area contributed by atoms with Gasteiger partial charge in [-0.2, -0.15) is 0 Å². The van der Waals surface area contributed by atoms with Crippen LogP contribution in [0, 0.1) is 0 Å². The van der Waals surface area contributed by atoms with E-state index in [0.717, 1.165) is 37.1 Å². The van der Waals surface area contributed by atoms with Crippen LogP contribution in [0.2, 0.25) is 0 Å². The second-order valence-corrected chi connectivity index (χ2v) is 5.57. The van der Waals surface area contributed by atoms with Gasteiger partial charge >= 0.3 is 0 Å². The van der Waals surface area contributed by atoms with Crippen molar-refractivity contribution >= 4 is 11.8 Å². The first-order valence-electron chi connectivity index (χ1n) is 6.85. The van der Waals surface area contributed by atoms with E-state index in [1.54, 1.807) is 0 Å². The van der Waals surface area contributed by atoms with Gasteiger partial charge in [-0.1, -0.05) is 0 Å². The van der Waals surface area contributed by atoms with Crippen molar-refractivity contribution in [3.8, 4) is 0 Å². The zero-order valence-electron chi connectivity index (χ0n) is 11.4. The van der Waals surface area contributed by atoms with Crippen LogP contribution >= 0.6 is 0 Å². The van der Waals surface area contributed by atoms with Gasteiger partial charge in [0.05, 0.1) is 11.7 Å². The zero-order valence-corrected chi connectivity index (χ0v) is 11.4. The summed E-state index contributed by atoms with van der Waals surface area (Å²) in [6.07, 6.45) is 5.81. The molecule has 4 heteroatoms. The maximum Gasteiger partial charge on any atom is 0.151 e. The molecule has 4 nitrogen and oxygen atoms in total. The molecule has 1 unspecified atom stereocenters. The summed E-state index contributed by atoms with van der Waals surface area (Å²) >= 11 is 0. The Hall–Kier alpha value is -1.68. The molecule has 0 saturated carbocycles. The van der Waals surface area contributed by atoms with E-state index in [9.17, 15) is 4.79 Å². The number of carbonyl (C=O) groups excluding carboxylic acids is 1. The van der Waals surface area contributed by atoms with Gasteiger partial charge in [0.15, 0.2) is 6.29 Å². The predicted molar refractivity (Wildman–Crippen MR) is 74.6 cm³/mol. The molecule has 0 aromatic carbocycles. The number of fused-ring (bicyclic) bond motifs is 1. The molecule has 3 heterocycles. The van der Waals surface area contributed by atoms with Gasteiger partial charge in [-0.15, -0.1) is 0 Å². The Bertz CT molecular complexity index is 602. The van der Waals surface area contributed by atoms with Crippen molar-refractivity contribution in [2.45, 2.75) is 32.2 Å². The smallest absolute Gasteiger partial charge is 0.151 e. The Labute approximate surface area is 113 Å². The summed E-state index contributed by atoms with van der Waals surface area (Å²) in [7, 11) is 0. The largest absolute Gasteiger partial charge is 0.303 e. The van der Waals surface area contributed by atoms with Crippen molar-refractivity contribution in [1.29, 1.82) is 0 Å². The average Bonchev–Trinajstić information content (AvgIpc) is 3.03. The minimum Gasteiger partial charge on any atom is -0.303 e. The van der Waals surface area contributed by atoms with Crippen LogP contribution in [-0.2, 0) is 0 Å². The van der Waals surface area contributed by atoms with E-state index in [1.807, 2.05) is 24.5 Å². The van der Waals surface area contributed by atoms with Crippen LogP contribution in [0.15, 0.2) is 24.5 Å². The topological polar surface area (TPSA) is 37.6 Å². The molecular formula is C15H19N3O. The summed E-state index contributed by atoms with van der Waals surface area (Å²) in [6, 6.07) is 4.37. The van der Waals surface area contributed by atoms with Gasteiger partial charge in [-0.25, -0.2) is 4.98 Å². The molecule has 0 radical (unpaired) electrons. The number of nitrogens with zero attached hydrogens (tertiary/aromatic N) is 3. The summed E-state index contributed by atoms with van der Waals surface area (Å²) in [5.41, 5.74) is 1.76. The maximum atomic E-state index is 10.9. The van der Waals surface area contributed by atoms with Gasteiger partial charge in [0.2, 0.25) is 0 Å². The normalized spacial score (nSPS) is 20.5. The average molecular weight is 257 g/mol. The number of hydrogen-bond acceptors (Lipinski definition) is 3. The van der Waals surface area contributed by atoms with Crippen LogP contribution in [0.1, 0.15) is 42.4 Å². The molecule has 0 N–H and O–H groups in total. The predicted octanol–water partition coefficient (Wildman–Crippen LogP) is 2.34. The molecule has 0 amide bonds. The Balaban J connectivity index is 1.95. The van der Waals surface area contributed by atoms with Crippen molar-refractivity contribution in [1.82, 2.24) is 14.3 Å². The first-order chi connectivity index (χ1) is 9.19. The van der Waals surface area contributed by atoms with E-state index in [2.05, 4.69) is 28.1 Å². The SMILES string of the molecule is CC(C)N1CCC(c2ncc3ccc(C=O)cn23)C1. The number of likely N-dealkylation sites (tertiary alicyclic amines) is 1. The highest BCUT2D eigenvalue weighted by molar-refractivity contribution is 5.75. The van der Waals surface area contributed by atoms with E-state index in [4.69, 9.17) is 0 Å². The highest BCUT2D eigenvalue weighted by Gasteiger charge is 2.28. The first kappa shape index (κ1) is 12.4. The molecule has 2 aromatic heterocycles. The van der Waals surface area contributed by atoms with Gasteiger partial charge in [-0.05, 0) is 38.9 Å². The van der Waals surface area contributed by atoms with Crippen LogP contribution in [0.5, 0.6) is 0 Å². The molecule has 0 spiro atoms. The number of pyridine rings is 1. The summed E-state index contributed by atoms with van der Waals surface area (Å²) in [5.74, 6) is 1.55. The summed E-state index contributed by atoms with van der Waals surface area (Å²) < 4.78 is 2.07. The molecule has 1 aliphatic heterocycles. The zero-order chi connectivity index (χ0) is 13.4. The van der Waals surface area contributed by atoms with Crippen LogP contribution in [0.25, 0.3) is 5.52 Å². The third-order valence-corrected chi connectivity index (χ3v) is 4.03. The second kappa shape index (κ2) is 4.78. The van der Waals surface area contributed by atoms with Gasteiger partial charge < -0.3 is 9.30 Å². The lowest BCUT2D eigenvalue weighted by molar-refractivity contribution is 0.112. The van der Waals surface area contributed by atoms with Crippen molar-refractivity contribution in [3.63, 3.8) is 0 Å². The molecule has 19 heavy (non-hydrogen) atoms. The number of rotatable bonds is 3. The van der Waals surface area contributed by atoms with Crippen LogP contribution < -0.4 is 0 Å². The van der Waals surface area contributed by atoms with E-state index >= 15 is 0 Å². The lowest BCUT2D eigenvalue weighted by Crippen LogP contribution is -2.28. The van der Waals surface area contributed by atoms with E-state index in [1.165, 1.54) is 0 Å². The van der Waals surface area contributed by atoms with Crippen molar-refractivity contribution in [2.75, 3.05) is 13.1 Å². The van der Waals surface area contributed by atoms with Gasteiger partial charge in [0.1, 0.15) is 5.82 Å². The van der Waals surface area contributed by atoms with Crippen LogP contribution in [-0.4, -0.2) is 39.7 Å². The van der Waals surface area contributed by atoms with E-state index < -0.39 is 0 Å². The molecule has 1 fully saturated rings. The maximum absolute atomic E-state index is 10.9. The number of aromatic nitrogens is 2. The fourth-order valence-electron chi connectivity index (χ4n) is 2.87. The van der Waals surface area contributed by atoms with Crippen molar-refractivity contribution in [2.24, 2.45) is 0 Å². The molecule has 2 aromatic rings. The summed E-state index contributed by atoms with van der Waals surface area (Å²) in [6.45, 7) is 6.65. The summed E-state index contributed by atoms with van der Waals surface area (Å²) in [4.78, 5) is 18.0. The number of imidazole rings is 1. The molecule has 1 saturated heterocycles. The monoisotopic (exact) mass is 257 g/mol. The van der Waals surface area contributed by atoms with Gasteiger partial charge in [0.25, 0.3) is 0 Å². The molecule has 0 bridgehead atoms. The molecular weight excluding hydrogens is 238 g/mol. The number of carbonyl (C=O) groups is 1. The highest BCUT2D eigenvalue weighted by atomic mass is 16.1. The minimum atomic E-state index is 0.465. The Morgan fingerprint density at radius 1 is 1.42 bits per heavy atom. The third-order valence-electron chi connectivity index (χ3n) is 4.03. The minimum absolute atomic E-state index is 0.465.